The molecule has 1 aromatic heterocycles. The average molecular weight is 420 g/mol. The van der Waals surface area contributed by atoms with Gasteiger partial charge in [0.15, 0.2) is 0 Å². The first-order chi connectivity index (χ1) is 13.3. The Morgan fingerprint density at radius 3 is 2.38 bits per heavy atom. The van der Waals surface area contributed by atoms with E-state index >= 15 is 0 Å². The van der Waals surface area contributed by atoms with Crippen LogP contribution in [0.15, 0.2) is 12.1 Å². The van der Waals surface area contributed by atoms with Crippen molar-refractivity contribution in [3.8, 4) is 5.75 Å². The van der Waals surface area contributed by atoms with Crippen molar-refractivity contribution in [2.24, 2.45) is 0 Å². The summed E-state index contributed by atoms with van der Waals surface area (Å²) in [6.45, 7) is 13.8. The summed E-state index contributed by atoms with van der Waals surface area (Å²) in [5.41, 5.74) is 0.185. The van der Waals surface area contributed by atoms with E-state index in [0.29, 0.717) is 12.3 Å². The Hall–Kier alpha value is -1.84. The van der Waals surface area contributed by atoms with Crippen molar-refractivity contribution in [3.05, 3.63) is 17.1 Å². The van der Waals surface area contributed by atoms with E-state index in [1.54, 1.807) is 7.11 Å². The highest BCUT2D eigenvalue weighted by atomic mass is 32.1. The van der Waals surface area contributed by atoms with E-state index < -0.39 is 30.0 Å². The molecular weight excluding hydrogens is 391 g/mol. The zero-order valence-corrected chi connectivity index (χ0v) is 19.2. The van der Waals surface area contributed by atoms with E-state index in [-0.39, 0.29) is 0 Å². The summed E-state index contributed by atoms with van der Waals surface area (Å²) in [6.07, 6.45) is -0.466. The first-order valence-corrected chi connectivity index (χ1v) is 10.4. The second-order valence-corrected chi connectivity index (χ2v) is 10.2. The Labute approximate surface area is 176 Å². The van der Waals surface area contributed by atoms with Crippen molar-refractivity contribution >= 4 is 40.2 Å². The maximum absolute atomic E-state index is 11.9. The fourth-order valence-corrected chi connectivity index (χ4v) is 3.80. The number of amides is 1. The first-order valence-electron chi connectivity index (χ1n) is 9.61. The molecule has 0 unspecified atom stereocenters. The molecule has 0 aliphatic carbocycles. The molecule has 1 aliphatic heterocycles. The SMILES string of the molecule is COc1cc2sc(CNC(=O)OC(C)(C)C)nc2cc1B1OC(C)(C)C(C)(C)O1. The largest absolute Gasteiger partial charge is 0.498 e. The van der Waals surface area contributed by atoms with Crippen molar-refractivity contribution in [1.29, 1.82) is 0 Å². The van der Waals surface area contributed by atoms with Crippen LogP contribution in [0.1, 0.15) is 53.5 Å². The molecule has 0 atom stereocenters. The summed E-state index contributed by atoms with van der Waals surface area (Å²) >= 11 is 1.49. The van der Waals surface area contributed by atoms with E-state index in [1.165, 1.54) is 11.3 Å². The van der Waals surface area contributed by atoms with Gasteiger partial charge in [0, 0.05) is 5.46 Å². The third kappa shape index (κ3) is 4.68. The molecule has 9 heteroatoms. The summed E-state index contributed by atoms with van der Waals surface area (Å²) < 4.78 is 24.2. The average Bonchev–Trinajstić information content (AvgIpc) is 3.06. The Balaban J connectivity index is 1.82. The topological polar surface area (TPSA) is 78.9 Å². The van der Waals surface area contributed by atoms with Gasteiger partial charge in [0.2, 0.25) is 0 Å². The zero-order chi connectivity index (χ0) is 21.6. The number of thiazole rings is 1. The maximum Gasteiger partial charge on any atom is 0.498 e. The molecule has 7 nitrogen and oxygen atoms in total. The zero-order valence-electron chi connectivity index (χ0n) is 18.3. The summed E-state index contributed by atoms with van der Waals surface area (Å²) in [5.74, 6) is 0.686. The number of nitrogens with zero attached hydrogens (tertiary/aromatic N) is 1. The first kappa shape index (κ1) is 21.9. The van der Waals surface area contributed by atoms with Crippen LogP contribution in [0, 0.1) is 0 Å². The van der Waals surface area contributed by atoms with Crippen molar-refractivity contribution in [1.82, 2.24) is 10.3 Å². The van der Waals surface area contributed by atoms with Crippen molar-refractivity contribution in [3.63, 3.8) is 0 Å². The molecule has 3 rings (SSSR count). The Kier molecular flexibility index (Phi) is 5.62. The number of nitrogens with one attached hydrogen (secondary N) is 1. The smallest absolute Gasteiger partial charge is 0.497 e. The van der Waals surface area contributed by atoms with E-state index in [1.807, 2.05) is 60.6 Å². The lowest BCUT2D eigenvalue weighted by molar-refractivity contribution is 0.00578. The number of benzene rings is 1. The lowest BCUT2D eigenvalue weighted by atomic mass is 9.78. The highest BCUT2D eigenvalue weighted by Crippen LogP contribution is 2.38. The number of alkyl carbamates (subject to hydrolysis) is 1. The lowest BCUT2D eigenvalue weighted by Gasteiger charge is -2.32. The summed E-state index contributed by atoms with van der Waals surface area (Å²) in [6, 6.07) is 3.87. The standard InChI is InChI=1S/C20H29BN2O5S/c1-18(2,3)26-17(24)22-11-16-23-13-9-12(14(25-8)10-15(13)29-16)21-27-19(4,5)20(6,7)28-21/h9-10H,11H2,1-8H3,(H,22,24). The molecule has 1 fully saturated rings. The molecule has 0 radical (unpaired) electrons. The number of carbonyl (C=O) groups excluding carboxylic acids is 1. The Bertz CT molecular complexity index is 903. The molecular formula is C20H29BN2O5S. The van der Waals surface area contributed by atoms with Gasteiger partial charge in [-0.1, -0.05) is 0 Å². The van der Waals surface area contributed by atoms with E-state index in [4.69, 9.17) is 18.8 Å². The van der Waals surface area contributed by atoms with Gasteiger partial charge in [-0.2, -0.15) is 0 Å². The monoisotopic (exact) mass is 420 g/mol. The molecule has 0 bridgehead atoms. The minimum atomic E-state index is -0.539. The number of fused-ring (bicyclic) bond motifs is 1. The van der Waals surface area contributed by atoms with E-state index in [0.717, 1.165) is 20.7 Å². The second-order valence-electron chi connectivity index (χ2n) is 9.11. The Morgan fingerprint density at radius 1 is 1.21 bits per heavy atom. The number of rotatable bonds is 4. The molecule has 1 aromatic carbocycles. The number of methoxy groups -OCH3 is 1. The maximum atomic E-state index is 11.9. The molecule has 1 N–H and O–H groups in total. The van der Waals surface area contributed by atoms with Gasteiger partial charge in [-0.15, -0.1) is 11.3 Å². The van der Waals surface area contributed by atoms with Crippen LogP contribution in [0.25, 0.3) is 10.2 Å². The van der Waals surface area contributed by atoms with Crippen LogP contribution in [0.4, 0.5) is 4.79 Å². The van der Waals surface area contributed by atoms with Crippen LogP contribution >= 0.6 is 11.3 Å². The van der Waals surface area contributed by atoms with Crippen LogP contribution < -0.4 is 15.5 Å². The van der Waals surface area contributed by atoms with Crippen molar-refractivity contribution in [2.75, 3.05) is 7.11 Å². The Morgan fingerprint density at radius 2 is 1.83 bits per heavy atom. The molecule has 0 saturated carbocycles. The van der Waals surface area contributed by atoms with Crippen LogP contribution in [-0.2, 0) is 20.6 Å². The number of hydrogen-bond acceptors (Lipinski definition) is 7. The van der Waals surface area contributed by atoms with Crippen molar-refractivity contribution in [2.45, 2.75) is 71.8 Å². The minimum absolute atomic E-state index is 0.294. The number of carbonyl (C=O) groups is 1. The van der Waals surface area contributed by atoms with Crippen molar-refractivity contribution < 1.29 is 23.6 Å². The lowest BCUT2D eigenvalue weighted by Crippen LogP contribution is -2.41. The van der Waals surface area contributed by atoms with Gasteiger partial charge in [-0.3, -0.25) is 0 Å². The van der Waals surface area contributed by atoms with Gasteiger partial charge in [-0.25, -0.2) is 9.78 Å². The van der Waals surface area contributed by atoms with Gasteiger partial charge in [-0.05, 0) is 60.6 Å². The minimum Gasteiger partial charge on any atom is -0.497 e. The van der Waals surface area contributed by atoms with Crippen LogP contribution in [-0.4, -0.2) is 42.1 Å². The fraction of sp³-hybridized carbons (Fsp3) is 0.600. The predicted molar refractivity (Wildman–Crippen MR) is 115 cm³/mol. The third-order valence-corrected chi connectivity index (χ3v) is 6.09. The predicted octanol–water partition coefficient (Wildman–Crippen LogP) is 3.63. The van der Waals surface area contributed by atoms with Gasteiger partial charge < -0.3 is 24.1 Å². The fourth-order valence-electron chi connectivity index (χ4n) is 2.89. The highest BCUT2D eigenvalue weighted by molar-refractivity contribution is 7.18. The van der Waals surface area contributed by atoms with Crippen LogP contribution in [0.2, 0.25) is 0 Å². The third-order valence-electron chi connectivity index (χ3n) is 5.07. The van der Waals surface area contributed by atoms with E-state index in [2.05, 4.69) is 10.3 Å². The van der Waals surface area contributed by atoms with Gasteiger partial charge in [0.1, 0.15) is 16.4 Å². The number of aromatic nitrogens is 1. The van der Waals surface area contributed by atoms with Crippen LogP contribution in [0.3, 0.4) is 0 Å². The van der Waals surface area contributed by atoms with Gasteiger partial charge >= 0.3 is 13.2 Å². The summed E-state index contributed by atoms with van der Waals surface area (Å²) in [4.78, 5) is 16.5. The second kappa shape index (κ2) is 7.45. The summed E-state index contributed by atoms with van der Waals surface area (Å²) in [7, 11) is 1.09. The van der Waals surface area contributed by atoms with Crippen LogP contribution in [0.5, 0.6) is 5.75 Å². The number of hydrogen-bond donors (Lipinski definition) is 1. The molecule has 158 valence electrons. The van der Waals surface area contributed by atoms with Gasteiger partial charge in [0.25, 0.3) is 0 Å². The molecule has 1 amide bonds. The van der Waals surface area contributed by atoms with E-state index in [9.17, 15) is 4.79 Å². The molecule has 0 spiro atoms. The highest BCUT2D eigenvalue weighted by Gasteiger charge is 2.52. The summed E-state index contributed by atoms with van der Waals surface area (Å²) in [5, 5.41) is 3.52. The molecule has 1 saturated heterocycles. The molecule has 2 heterocycles. The molecule has 2 aromatic rings. The molecule has 29 heavy (non-hydrogen) atoms. The normalized spacial score (nSPS) is 18.1. The molecule has 1 aliphatic rings. The van der Waals surface area contributed by atoms with Gasteiger partial charge in [0.05, 0.1) is 35.1 Å². The quantitative estimate of drug-likeness (QED) is 0.762. The number of ether oxygens (including phenoxy) is 2.